The molecule has 2 unspecified atom stereocenters. The van der Waals surface area contributed by atoms with E-state index in [0.29, 0.717) is 18.4 Å². The van der Waals surface area contributed by atoms with E-state index in [0.717, 1.165) is 16.8 Å². The summed E-state index contributed by atoms with van der Waals surface area (Å²) in [7, 11) is 0. The standard InChI is InChI=1S/C29H32N2O6/c1-4-15-30(24-17(2)9-8-10-18(24)3)27(34)25-29-14-13-21(37-29)22(28(35)36)23(29)26(33)31(25)20(16-32)19-11-6-5-7-12-19/h4-12,20-23,25,32H,1,13-16H2,2-3H3,(H,35,36)/t20-,21+,22-,23+,25?,29?/m1/s1. The van der Waals surface area contributed by atoms with Crippen LogP contribution in [-0.2, 0) is 19.1 Å². The molecule has 3 heterocycles. The second kappa shape index (κ2) is 9.43. The number of aryl methyl sites for hydroxylation is 2. The van der Waals surface area contributed by atoms with Crippen LogP contribution in [0, 0.1) is 25.7 Å². The molecule has 8 nitrogen and oxygen atoms in total. The fourth-order valence-corrected chi connectivity index (χ4v) is 6.82. The summed E-state index contributed by atoms with van der Waals surface area (Å²) < 4.78 is 6.35. The number of amides is 2. The zero-order valence-corrected chi connectivity index (χ0v) is 21.0. The zero-order chi connectivity index (χ0) is 26.5. The van der Waals surface area contributed by atoms with Crippen LogP contribution in [0.3, 0.4) is 0 Å². The first-order chi connectivity index (χ1) is 17.8. The summed E-state index contributed by atoms with van der Waals surface area (Å²) in [5.41, 5.74) is 1.89. The molecule has 5 rings (SSSR count). The van der Waals surface area contributed by atoms with Gasteiger partial charge in [0.25, 0.3) is 5.91 Å². The highest BCUT2D eigenvalue weighted by atomic mass is 16.5. The maximum atomic E-state index is 14.6. The number of anilines is 1. The van der Waals surface area contributed by atoms with Crippen molar-refractivity contribution in [3.63, 3.8) is 0 Å². The van der Waals surface area contributed by atoms with Crippen LogP contribution in [0.25, 0.3) is 0 Å². The number of hydrogen-bond donors (Lipinski definition) is 2. The van der Waals surface area contributed by atoms with Gasteiger partial charge in [-0.15, -0.1) is 6.58 Å². The smallest absolute Gasteiger partial charge is 0.310 e. The van der Waals surface area contributed by atoms with E-state index in [1.165, 1.54) is 4.90 Å². The molecule has 6 atom stereocenters. The molecule has 1 spiro atoms. The number of carbonyl (C=O) groups is 3. The second-order valence-electron chi connectivity index (χ2n) is 10.2. The summed E-state index contributed by atoms with van der Waals surface area (Å²) >= 11 is 0. The van der Waals surface area contributed by atoms with E-state index in [1.54, 1.807) is 35.2 Å². The summed E-state index contributed by atoms with van der Waals surface area (Å²) in [6.45, 7) is 7.47. The van der Waals surface area contributed by atoms with Crippen LogP contribution in [-0.4, -0.2) is 63.8 Å². The lowest BCUT2D eigenvalue weighted by molar-refractivity contribution is -0.151. The fraction of sp³-hybridized carbons (Fsp3) is 0.414. The van der Waals surface area contributed by atoms with Crippen LogP contribution in [0.4, 0.5) is 5.69 Å². The number of aliphatic carboxylic acids is 1. The maximum Gasteiger partial charge on any atom is 0.310 e. The topological polar surface area (TPSA) is 107 Å². The number of ether oxygens (including phenoxy) is 1. The molecular formula is C29H32N2O6. The Bertz CT molecular complexity index is 1230. The minimum absolute atomic E-state index is 0.199. The van der Waals surface area contributed by atoms with Crippen molar-refractivity contribution >= 4 is 23.5 Å². The quantitative estimate of drug-likeness (QED) is 0.535. The van der Waals surface area contributed by atoms with Crippen LogP contribution >= 0.6 is 0 Å². The van der Waals surface area contributed by atoms with Crippen molar-refractivity contribution in [2.24, 2.45) is 11.8 Å². The predicted molar refractivity (Wildman–Crippen MR) is 137 cm³/mol. The number of fused-ring (bicyclic) bond motifs is 1. The molecule has 37 heavy (non-hydrogen) atoms. The van der Waals surface area contributed by atoms with Crippen LogP contribution in [0.5, 0.6) is 0 Å². The molecule has 194 valence electrons. The number of hydrogen-bond acceptors (Lipinski definition) is 5. The third kappa shape index (κ3) is 3.69. The van der Waals surface area contributed by atoms with E-state index >= 15 is 0 Å². The van der Waals surface area contributed by atoms with E-state index < -0.39 is 54.1 Å². The molecule has 2 N–H and O–H groups in total. The lowest BCUT2D eigenvalue weighted by Gasteiger charge is -2.40. The molecule has 0 aliphatic carbocycles. The van der Waals surface area contributed by atoms with Gasteiger partial charge in [0.1, 0.15) is 11.6 Å². The van der Waals surface area contributed by atoms with Crippen molar-refractivity contribution < 1.29 is 29.3 Å². The van der Waals surface area contributed by atoms with E-state index in [2.05, 4.69) is 6.58 Å². The Morgan fingerprint density at radius 2 is 1.86 bits per heavy atom. The first-order valence-corrected chi connectivity index (χ1v) is 12.6. The highest BCUT2D eigenvalue weighted by Crippen LogP contribution is 2.60. The molecule has 2 aromatic carbocycles. The molecule has 3 saturated heterocycles. The van der Waals surface area contributed by atoms with Crippen molar-refractivity contribution in [3.05, 3.63) is 77.9 Å². The largest absolute Gasteiger partial charge is 0.481 e. The minimum Gasteiger partial charge on any atom is -0.481 e. The third-order valence-corrected chi connectivity index (χ3v) is 8.24. The highest BCUT2D eigenvalue weighted by Gasteiger charge is 2.75. The number of para-hydroxylation sites is 1. The number of rotatable bonds is 8. The predicted octanol–water partition coefficient (Wildman–Crippen LogP) is 3.02. The number of likely N-dealkylation sites (tertiary alicyclic amines) is 1. The van der Waals surface area contributed by atoms with Gasteiger partial charge in [-0.1, -0.05) is 54.6 Å². The monoisotopic (exact) mass is 504 g/mol. The Kier molecular flexibility index (Phi) is 6.41. The molecule has 2 amide bonds. The highest BCUT2D eigenvalue weighted by molar-refractivity contribution is 6.05. The second-order valence-corrected chi connectivity index (χ2v) is 10.2. The van der Waals surface area contributed by atoms with Gasteiger partial charge in [0.05, 0.1) is 30.6 Å². The Labute approximate surface area is 216 Å². The molecule has 3 fully saturated rings. The van der Waals surface area contributed by atoms with Gasteiger partial charge in [0.2, 0.25) is 5.91 Å². The van der Waals surface area contributed by atoms with Gasteiger partial charge in [0, 0.05) is 12.2 Å². The Morgan fingerprint density at radius 1 is 1.19 bits per heavy atom. The van der Waals surface area contributed by atoms with Crippen molar-refractivity contribution in [1.29, 1.82) is 0 Å². The van der Waals surface area contributed by atoms with Crippen LogP contribution in [0.2, 0.25) is 0 Å². The van der Waals surface area contributed by atoms with Crippen molar-refractivity contribution in [1.82, 2.24) is 4.90 Å². The van der Waals surface area contributed by atoms with Crippen molar-refractivity contribution in [2.45, 2.75) is 50.5 Å². The van der Waals surface area contributed by atoms with Gasteiger partial charge in [-0.2, -0.15) is 0 Å². The van der Waals surface area contributed by atoms with E-state index in [9.17, 15) is 24.6 Å². The average molecular weight is 505 g/mol. The Balaban J connectivity index is 1.68. The molecule has 8 heteroatoms. The third-order valence-electron chi connectivity index (χ3n) is 8.24. The van der Waals surface area contributed by atoms with Crippen LogP contribution in [0.15, 0.2) is 61.2 Å². The Morgan fingerprint density at radius 3 is 2.46 bits per heavy atom. The molecule has 2 aromatic rings. The fourth-order valence-electron chi connectivity index (χ4n) is 6.82. The number of aliphatic hydroxyl groups is 1. The summed E-state index contributed by atoms with van der Waals surface area (Å²) in [4.78, 5) is 44.1. The average Bonchev–Trinajstić information content (AvgIpc) is 3.52. The number of aliphatic hydroxyl groups excluding tert-OH is 1. The number of benzene rings is 2. The molecule has 0 radical (unpaired) electrons. The summed E-state index contributed by atoms with van der Waals surface area (Å²) in [5.74, 6) is -3.97. The first-order valence-electron chi connectivity index (χ1n) is 12.6. The summed E-state index contributed by atoms with van der Waals surface area (Å²) in [6, 6.07) is 12.8. The van der Waals surface area contributed by atoms with E-state index in [-0.39, 0.29) is 12.5 Å². The normalized spacial score (nSPS) is 28.7. The molecular weight excluding hydrogens is 472 g/mol. The minimum atomic E-state index is -1.28. The maximum absolute atomic E-state index is 14.6. The van der Waals surface area contributed by atoms with Gasteiger partial charge in [-0.25, -0.2) is 0 Å². The van der Waals surface area contributed by atoms with Gasteiger partial charge in [-0.3, -0.25) is 14.4 Å². The van der Waals surface area contributed by atoms with Gasteiger partial charge < -0.3 is 24.7 Å². The van der Waals surface area contributed by atoms with Crippen LogP contribution in [0.1, 0.15) is 35.6 Å². The van der Waals surface area contributed by atoms with Crippen molar-refractivity contribution in [2.75, 3.05) is 18.1 Å². The lowest BCUT2D eigenvalue weighted by Crippen LogP contribution is -2.57. The molecule has 3 aliphatic heterocycles. The molecule has 0 aromatic heterocycles. The molecule has 3 aliphatic rings. The number of carbonyl (C=O) groups excluding carboxylic acids is 2. The lowest BCUT2D eigenvalue weighted by atomic mass is 9.70. The van der Waals surface area contributed by atoms with E-state index in [1.807, 2.05) is 38.1 Å². The van der Waals surface area contributed by atoms with Crippen LogP contribution < -0.4 is 4.90 Å². The zero-order valence-electron chi connectivity index (χ0n) is 21.0. The first kappa shape index (κ1) is 25.2. The number of carboxylic acids is 1. The number of nitrogens with zero attached hydrogens (tertiary/aromatic N) is 2. The summed E-state index contributed by atoms with van der Waals surface area (Å²) in [6.07, 6.45) is 1.86. The SMILES string of the molecule is C=CCN(C(=O)C1N([C@H](CO)c2ccccc2)C(=O)[C@@H]2[C@H](C(=O)O)[C@@H]3CCC12O3)c1c(C)cccc1C. The summed E-state index contributed by atoms with van der Waals surface area (Å²) in [5, 5.41) is 20.6. The van der Waals surface area contributed by atoms with Gasteiger partial charge in [0.15, 0.2) is 0 Å². The molecule has 2 bridgehead atoms. The van der Waals surface area contributed by atoms with E-state index in [4.69, 9.17) is 4.74 Å². The van der Waals surface area contributed by atoms with Gasteiger partial charge >= 0.3 is 5.97 Å². The van der Waals surface area contributed by atoms with Crippen molar-refractivity contribution in [3.8, 4) is 0 Å². The molecule has 0 saturated carbocycles. The van der Waals surface area contributed by atoms with Gasteiger partial charge in [-0.05, 0) is 43.4 Å². The number of carboxylic acid groups (broad SMARTS) is 1. The Hall–Kier alpha value is -3.49.